The van der Waals surface area contributed by atoms with Gasteiger partial charge in [0.1, 0.15) is 5.82 Å². The molecule has 0 radical (unpaired) electrons. The van der Waals surface area contributed by atoms with E-state index < -0.39 is 0 Å². The molecule has 2 heteroatoms. The van der Waals surface area contributed by atoms with Gasteiger partial charge < -0.3 is 4.57 Å². The predicted molar refractivity (Wildman–Crippen MR) is 135 cm³/mol. The maximum Gasteiger partial charge on any atom is 0.111 e. The molecule has 1 atom stereocenters. The third-order valence-corrected chi connectivity index (χ3v) is 6.56. The highest BCUT2D eigenvalue weighted by atomic mass is 15.1. The third kappa shape index (κ3) is 12.2. The van der Waals surface area contributed by atoms with Crippen molar-refractivity contribution in [2.75, 3.05) is 0 Å². The first-order valence-electron chi connectivity index (χ1n) is 13.7. The molecule has 1 unspecified atom stereocenters. The molecule has 2 nitrogen and oxygen atoms in total. The van der Waals surface area contributed by atoms with Crippen LogP contribution in [0.2, 0.25) is 0 Å². The Morgan fingerprint density at radius 2 is 1.13 bits per heavy atom. The number of unbranched alkanes of at least 4 members (excludes halogenated alkanes) is 14. The average molecular weight is 419 g/mol. The van der Waals surface area contributed by atoms with Gasteiger partial charge in [-0.15, -0.1) is 0 Å². The lowest BCUT2D eigenvalue weighted by atomic mass is 10.0. The van der Waals surface area contributed by atoms with Gasteiger partial charge in [0, 0.05) is 18.7 Å². The zero-order valence-corrected chi connectivity index (χ0v) is 21.4. The molecule has 0 fully saturated rings. The van der Waals surface area contributed by atoms with Crippen LogP contribution in [-0.4, -0.2) is 9.55 Å². The van der Waals surface area contributed by atoms with E-state index in [0.29, 0.717) is 11.8 Å². The number of hydrogen-bond acceptors (Lipinski definition) is 1. The van der Waals surface area contributed by atoms with Gasteiger partial charge in [-0.05, 0) is 18.8 Å². The monoisotopic (exact) mass is 418 g/mol. The van der Waals surface area contributed by atoms with Crippen LogP contribution in [0.3, 0.4) is 0 Å². The van der Waals surface area contributed by atoms with Crippen LogP contribution in [0.4, 0.5) is 0 Å². The van der Waals surface area contributed by atoms with Gasteiger partial charge in [-0.2, -0.15) is 0 Å². The lowest BCUT2D eigenvalue weighted by molar-refractivity contribution is 0.508. The van der Waals surface area contributed by atoms with Crippen LogP contribution in [-0.2, 0) is 6.54 Å². The van der Waals surface area contributed by atoms with Crippen molar-refractivity contribution in [1.82, 2.24) is 9.55 Å². The topological polar surface area (TPSA) is 17.8 Å². The van der Waals surface area contributed by atoms with Crippen LogP contribution in [0.15, 0.2) is 6.20 Å². The maximum absolute atomic E-state index is 4.98. The van der Waals surface area contributed by atoms with E-state index in [4.69, 9.17) is 4.98 Å². The Labute approximate surface area is 189 Å². The maximum atomic E-state index is 4.98. The highest BCUT2D eigenvalue weighted by molar-refractivity contribution is 5.11. The third-order valence-electron chi connectivity index (χ3n) is 6.56. The molecule has 0 aliphatic heterocycles. The lowest BCUT2D eigenvalue weighted by Gasteiger charge is -2.13. The molecule has 0 aliphatic rings. The second-order valence-electron chi connectivity index (χ2n) is 10.0. The largest absolute Gasteiger partial charge is 0.334 e. The molecular formula is C28H54N2. The van der Waals surface area contributed by atoms with E-state index in [1.807, 2.05) is 0 Å². The van der Waals surface area contributed by atoms with Crippen molar-refractivity contribution in [3.05, 3.63) is 17.7 Å². The van der Waals surface area contributed by atoms with Gasteiger partial charge in [-0.3, -0.25) is 0 Å². The van der Waals surface area contributed by atoms with Crippen molar-refractivity contribution < 1.29 is 0 Å². The molecule has 1 aromatic rings. The van der Waals surface area contributed by atoms with E-state index in [-0.39, 0.29) is 0 Å². The van der Waals surface area contributed by atoms with E-state index in [1.165, 1.54) is 121 Å². The fourth-order valence-corrected chi connectivity index (χ4v) is 4.49. The zero-order valence-electron chi connectivity index (χ0n) is 21.4. The molecular weight excluding hydrogens is 364 g/mol. The summed E-state index contributed by atoms with van der Waals surface area (Å²) in [6.07, 6.45) is 26.3. The van der Waals surface area contributed by atoms with Gasteiger partial charge in [0.15, 0.2) is 0 Å². The molecule has 0 saturated carbocycles. The highest BCUT2D eigenvalue weighted by Crippen LogP contribution is 2.25. The van der Waals surface area contributed by atoms with Crippen LogP contribution in [0.5, 0.6) is 0 Å². The Bertz CT molecular complexity index is 503. The van der Waals surface area contributed by atoms with E-state index in [2.05, 4.69) is 45.4 Å². The van der Waals surface area contributed by atoms with E-state index >= 15 is 0 Å². The predicted octanol–water partition coefficient (Wildman–Crippen LogP) is 9.78. The van der Waals surface area contributed by atoms with Crippen molar-refractivity contribution in [1.29, 1.82) is 0 Å². The summed E-state index contributed by atoms with van der Waals surface area (Å²) in [5, 5.41) is 0. The fourth-order valence-electron chi connectivity index (χ4n) is 4.49. The van der Waals surface area contributed by atoms with E-state index in [0.717, 1.165) is 6.54 Å². The Kier molecular flexibility index (Phi) is 16.2. The minimum absolute atomic E-state index is 0.528. The number of rotatable bonds is 20. The summed E-state index contributed by atoms with van der Waals surface area (Å²) < 4.78 is 2.42. The summed E-state index contributed by atoms with van der Waals surface area (Å²) in [7, 11) is 0. The number of nitrogens with zero attached hydrogens (tertiary/aromatic N) is 2. The molecule has 1 heterocycles. The summed E-state index contributed by atoms with van der Waals surface area (Å²) in [6.45, 7) is 12.6. The molecule has 0 bridgehead atoms. The van der Waals surface area contributed by atoms with E-state index in [9.17, 15) is 0 Å². The van der Waals surface area contributed by atoms with Crippen molar-refractivity contribution >= 4 is 0 Å². The molecule has 1 aromatic heterocycles. The first-order valence-corrected chi connectivity index (χ1v) is 13.7. The van der Waals surface area contributed by atoms with Crippen LogP contribution >= 0.6 is 0 Å². The highest BCUT2D eigenvalue weighted by Gasteiger charge is 2.15. The molecule has 176 valence electrons. The number of hydrogen-bond donors (Lipinski definition) is 0. The molecule has 1 rings (SSSR count). The molecule has 0 amide bonds. The summed E-state index contributed by atoms with van der Waals surface area (Å²) in [5.74, 6) is 2.44. The SMILES string of the molecule is CCCCCCCCCCCCCCCCCC(C)c1nc(C(C)C)cn1CCC. The zero-order chi connectivity index (χ0) is 22.0. The number of imidazole rings is 1. The Morgan fingerprint density at radius 1 is 0.667 bits per heavy atom. The van der Waals surface area contributed by atoms with Crippen molar-refractivity contribution in [3.63, 3.8) is 0 Å². The van der Waals surface area contributed by atoms with Gasteiger partial charge in [0.05, 0.1) is 5.69 Å². The molecule has 0 saturated heterocycles. The first kappa shape index (κ1) is 27.2. The van der Waals surface area contributed by atoms with Crippen molar-refractivity contribution in [2.45, 2.75) is 162 Å². The van der Waals surface area contributed by atoms with Gasteiger partial charge in [0.25, 0.3) is 0 Å². The second kappa shape index (κ2) is 17.8. The van der Waals surface area contributed by atoms with Crippen LogP contribution in [0.25, 0.3) is 0 Å². The number of aryl methyl sites for hydroxylation is 1. The second-order valence-corrected chi connectivity index (χ2v) is 10.0. The van der Waals surface area contributed by atoms with Crippen LogP contribution in [0.1, 0.15) is 167 Å². The van der Waals surface area contributed by atoms with Crippen molar-refractivity contribution in [3.8, 4) is 0 Å². The smallest absolute Gasteiger partial charge is 0.111 e. The van der Waals surface area contributed by atoms with E-state index in [1.54, 1.807) is 0 Å². The van der Waals surface area contributed by atoms with Crippen LogP contribution in [0, 0.1) is 0 Å². The minimum Gasteiger partial charge on any atom is -0.334 e. The van der Waals surface area contributed by atoms with Gasteiger partial charge in [-0.1, -0.05) is 131 Å². The first-order chi connectivity index (χ1) is 14.6. The Morgan fingerprint density at radius 3 is 1.57 bits per heavy atom. The molecule has 0 aliphatic carbocycles. The summed E-state index contributed by atoms with van der Waals surface area (Å²) in [6, 6.07) is 0. The molecule has 0 N–H and O–H groups in total. The van der Waals surface area contributed by atoms with Gasteiger partial charge in [0.2, 0.25) is 0 Å². The lowest BCUT2D eigenvalue weighted by Crippen LogP contribution is -2.06. The molecule has 0 spiro atoms. The minimum atomic E-state index is 0.528. The average Bonchev–Trinajstić information content (AvgIpc) is 3.15. The van der Waals surface area contributed by atoms with Crippen LogP contribution < -0.4 is 0 Å². The molecule has 0 aromatic carbocycles. The summed E-state index contributed by atoms with van der Waals surface area (Å²) >= 11 is 0. The van der Waals surface area contributed by atoms with Crippen molar-refractivity contribution in [2.24, 2.45) is 0 Å². The molecule has 30 heavy (non-hydrogen) atoms. The quantitative estimate of drug-likeness (QED) is 0.193. The summed E-state index contributed by atoms with van der Waals surface area (Å²) in [4.78, 5) is 4.98. The Hall–Kier alpha value is -0.790. The number of aromatic nitrogens is 2. The van der Waals surface area contributed by atoms with Gasteiger partial charge in [-0.25, -0.2) is 4.98 Å². The van der Waals surface area contributed by atoms with Gasteiger partial charge >= 0.3 is 0 Å². The standard InChI is InChI=1S/C28H54N2/c1-6-8-9-10-11-12-13-14-15-16-17-18-19-20-21-22-26(5)28-29-27(25(3)4)24-30(28)23-7-2/h24-26H,6-23H2,1-5H3. The normalized spacial score (nSPS) is 12.7. The fraction of sp³-hybridized carbons (Fsp3) is 0.893. The Balaban J connectivity index is 2.01. The summed E-state index contributed by atoms with van der Waals surface area (Å²) in [5.41, 5.74) is 1.27.